The summed E-state index contributed by atoms with van der Waals surface area (Å²) in [7, 11) is 0. The van der Waals surface area contributed by atoms with Crippen LogP contribution in [0.2, 0.25) is 0 Å². The molecule has 1 saturated heterocycles. The molecule has 5 heteroatoms. The van der Waals surface area contributed by atoms with Crippen LogP contribution in [0.1, 0.15) is 62.7 Å². The molecule has 144 valence electrons. The minimum absolute atomic E-state index is 0.00309. The summed E-state index contributed by atoms with van der Waals surface area (Å²) in [6, 6.07) is 7.22. The standard InChI is InChI=1S/C21H32N2O3/c1-3-4-5-14-26-18-8-6-17(7-9-18)19(24)10-11-20(25)23-13-12-21(2,15-22)16-23/h6-9H,3-5,10-16,22H2,1-2H3. The van der Waals surface area contributed by atoms with Gasteiger partial charge in [-0.1, -0.05) is 26.7 Å². The number of ether oxygens (including phenoxy) is 1. The van der Waals surface area contributed by atoms with Gasteiger partial charge in [-0.2, -0.15) is 0 Å². The molecule has 1 amide bonds. The number of likely N-dealkylation sites (tertiary alicyclic amines) is 1. The van der Waals surface area contributed by atoms with Gasteiger partial charge in [-0.3, -0.25) is 9.59 Å². The third-order valence-corrected chi connectivity index (χ3v) is 5.16. The number of rotatable bonds is 10. The molecule has 1 aliphatic rings. The lowest BCUT2D eigenvalue weighted by atomic mass is 9.90. The van der Waals surface area contributed by atoms with Crippen LogP contribution in [-0.2, 0) is 4.79 Å². The first kappa shape index (κ1) is 20.4. The third-order valence-electron chi connectivity index (χ3n) is 5.16. The highest BCUT2D eigenvalue weighted by molar-refractivity contribution is 5.98. The molecule has 1 aliphatic heterocycles. The lowest BCUT2D eigenvalue weighted by Crippen LogP contribution is -2.34. The molecule has 0 spiro atoms. The van der Waals surface area contributed by atoms with Gasteiger partial charge < -0.3 is 15.4 Å². The van der Waals surface area contributed by atoms with Crippen LogP contribution < -0.4 is 10.5 Å². The van der Waals surface area contributed by atoms with Crippen molar-refractivity contribution in [3.05, 3.63) is 29.8 Å². The molecule has 0 aliphatic carbocycles. The Morgan fingerprint density at radius 2 is 1.92 bits per heavy atom. The second-order valence-electron chi connectivity index (χ2n) is 7.58. The number of amides is 1. The van der Waals surface area contributed by atoms with Gasteiger partial charge in [0.15, 0.2) is 5.78 Å². The molecule has 1 unspecified atom stereocenters. The summed E-state index contributed by atoms with van der Waals surface area (Å²) < 4.78 is 5.66. The largest absolute Gasteiger partial charge is 0.494 e. The molecule has 0 radical (unpaired) electrons. The van der Waals surface area contributed by atoms with E-state index in [1.54, 1.807) is 12.1 Å². The quantitative estimate of drug-likeness (QED) is 0.512. The Kier molecular flexibility index (Phi) is 7.64. The van der Waals surface area contributed by atoms with Gasteiger partial charge in [0.2, 0.25) is 5.91 Å². The van der Waals surface area contributed by atoms with Crippen LogP contribution in [-0.4, -0.2) is 42.8 Å². The van der Waals surface area contributed by atoms with Gasteiger partial charge in [-0.15, -0.1) is 0 Å². The Balaban J connectivity index is 1.76. The topological polar surface area (TPSA) is 72.6 Å². The smallest absolute Gasteiger partial charge is 0.223 e. The number of ketones is 1. The van der Waals surface area contributed by atoms with Crippen molar-refractivity contribution in [2.24, 2.45) is 11.1 Å². The molecule has 1 aromatic carbocycles. The summed E-state index contributed by atoms with van der Waals surface area (Å²) in [6.45, 7) is 6.99. The zero-order valence-electron chi connectivity index (χ0n) is 16.1. The molecular formula is C21H32N2O3. The fourth-order valence-electron chi connectivity index (χ4n) is 3.21. The van der Waals surface area contributed by atoms with E-state index in [4.69, 9.17) is 10.5 Å². The predicted octanol–water partition coefficient (Wildman–Crippen LogP) is 3.42. The SMILES string of the molecule is CCCCCOc1ccc(C(=O)CCC(=O)N2CCC(C)(CN)C2)cc1. The van der Waals surface area contributed by atoms with Crippen molar-refractivity contribution in [1.82, 2.24) is 4.90 Å². The predicted molar refractivity (Wildman–Crippen MR) is 103 cm³/mol. The molecule has 0 bridgehead atoms. The first-order valence-electron chi connectivity index (χ1n) is 9.71. The van der Waals surface area contributed by atoms with Crippen LogP contribution in [0.3, 0.4) is 0 Å². The summed E-state index contributed by atoms with van der Waals surface area (Å²) in [6.07, 6.45) is 4.80. The zero-order chi connectivity index (χ0) is 19.0. The molecule has 2 rings (SSSR count). The van der Waals surface area contributed by atoms with Gasteiger partial charge in [0.1, 0.15) is 5.75 Å². The van der Waals surface area contributed by atoms with E-state index < -0.39 is 0 Å². The van der Waals surface area contributed by atoms with Gasteiger partial charge >= 0.3 is 0 Å². The van der Waals surface area contributed by atoms with E-state index >= 15 is 0 Å². The normalized spacial score (nSPS) is 19.6. The van der Waals surface area contributed by atoms with Crippen LogP contribution >= 0.6 is 0 Å². The molecule has 2 N–H and O–H groups in total. The lowest BCUT2D eigenvalue weighted by Gasteiger charge is -2.22. The Hall–Kier alpha value is -1.88. The van der Waals surface area contributed by atoms with Crippen molar-refractivity contribution in [2.45, 2.75) is 52.4 Å². The van der Waals surface area contributed by atoms with Crippen molar-refractivity contribution in [3.8, 4) is 5.75 Å². The highest BCUT2D eigenvalue weighted by Crippen LogP contribution is 2.29. The number of Topliss-reactive ketones (excluding diaryl/α,β-unsaturated/α-hetero) is 1. The first-order valence-corrected chi connectivity index (χ1v) is 9.71. The van der Waals surface area contributed by atoms with E-state index in [0.29, 0.717) is 25.3 Å². The molecule has 1 aromatic rings. The molecule has 0 saturated carbocycles. The third kappa shape index (κ3) is 5.84. The molecule has 1 heterocycles. The van der Waals surface area contributed by atoms with E-state index in [9.17, 15) is 9.59 Å². The fraction of sp³-hybridized carbons (Fsp3) is 0.619. The maximum Gasteiger partial charge on any atom is 0.223 e. The van der Waals surface area contributed by atoms with Crippen LogP contribution in [0.5, 0.6) is 5.75 Å². The minimum atomic E-state index is -0.00309. The van der Waals surface area contributed by atoms with E-state index in [2.05, 4.69) is 13.8 Å². The minimum Gasteiger partial charge on any atom is -0.494 e. The molecule has 1 fully saturated rings. The van der Waals surface area contributed by atoms with Crippen LogP contribution in [0, 0.1) is 5.41 Å². The van der Waals surface area contributed by atoms with Gasteiger partial charge in [-0.05, 0) is 49.1 Å². The second kappa shape index (κ2) is 9.72. The second-order valence-corrected chi connectivity index (χ2v) is 7.58. The zero-order valence-corrected chi connectivity index (χ0v) is 16.1. The van der Waals surface area contributed by atoms with Gasteiger partial charge in [0, 0.05) is 31.5 Å². The average molecular weight is 360 g/mol. The van der Waals surface area contributed by atoms with E-state index in [1.807, 2.05) is 17.0 Å². The summed E-state index contributed by atoms with van der Waals surface area (Å²) >= 11 is 0. The van der Waals surface area contributed by atoms with Crippen LogP contribution in [0.25, 0.3) is 0 Å². The fourth-order valence-corrected chi connectivity index (χ4v) is 3.21. The maximum absolute atomic E-state index is 12.3. The van der Waals surface area contributed by atoms with Gasteiger partial charge in [-0.25, -0.2) is 0 Å². The van der Waals surface area contributed by atoms with Crippen molar-refractivity contribution in [1.29, 1.82) is 0 Å². The Bertz CT molecular complexity index is 600. The van der Waals surface area contributed by atoms with Crippen LogP contribution in [0.4, 0.5) is 0 Å². The monoisotopic (exact) mass is 360 g/mol. The number of benzene rings is 1. The summed E-state index contributed by atoms with van der Waals surface area (Å²) in [5, 5.41) is 0. The van der Waals surface area contributed by atoms with Crippen LogP contribution in [0.15, 0.2) is 24.3 Å². The molecule has 5 nitrogen and oxygen atoms in total. The van der Waals surface area contributed by atoms with E-state index in [1.165, 1.54) is 6.42 Å². The Morgan fingerprint density at radius 3 is 2.54 bits per heavy atom. The summed E-state index contributed by atoms with van der Waals surface area (Å²) in [5.74, 6) is 0.829. The molecule has 0 aromatic heterocycles. The number of hydrogen-bond acceptors (Lipinski definition) is 4. The van der Waals surface area contributed by atoms with Crippen molar-refractivity contribution < 1.29 is 14.3 Å². The Morgan fingerprint density at radius 1 is 1.19 bits per heavy atom. The summed E-state index contributed by atoms with van der Waals surface area (Å²) in [4.78, 5) is 26.5. The highest BCUT2D eigenvalue weighted by Gasteiger charge is 2.34. The van der Waals surface area contributed by atoms with Crippen molar-refractivity contribution in [2.75, 3.05) is 26.2 Å². The average Bonchev–Trinajstić information content (AvgIpc) is 3.06. The van der Waals surface area contributed by atoms with Crippen molar-refractivity contribution in [3.63, 3.8) is 0 Å². The number of unbranched alkanes of at least 4 members (excludes halogenated alkanes) is 2. The lowest BCUT2D eigenvalue weighted by molar-refractivity contribution is -0.130. The number of hydrogen-bond donors (Lipinski definition) is 1. The number of carbonyl (C=O) groups excluding carboxylic acids is 2. The van der Waals surface area contributed by atoms with Gasteiger partial charge in [0.25, 0.3) is 0 Å². The first-order chi connectivity index (χ1) is 12.5. The van der Waals surface area contributed by atoms with Gasteiger partial charge in [0.05, 0.1) is 6.61 Å². The Labute approximate surface area is 156 Å². The van der Waals surface area contributed by atoms with Crippen molar-refractivity contribution >= 4 is 11.7 Å². The number of carbonyl (C=O) groups is 2. The molecular weight excluding hydrogens is 328 g/mol. The highest BCUT2D eigenvalue weighted by atomic mass is 16.5. The maximum atomic E-state index is 12.3. The molecule has 1 atom stereocenters. The molecule has 26 heavy (non-hydrogen) atoms. The number of nitrogens with two attached hydrogens (primary N) is 1. The summed E-state index contributed by atoms with van der Waals surface area (Å²) in [5.41, 5.74) is 6.44. The van der Waals surface area contributed by atoms with E-state index in [0.717, 1.165) is 31.6 Å². The van der Waals surface area contributed by atoms with E-state index in [-0.39, 0.29) is 29.9 Å². The number of nitrogens with zero attached hydrogens (tertiary/aromatic N) is 1.